The van der Waals surface area contributed by atoms with Crippen molar-refractivity contribution in [3.8, 4) is 0 Å². The number of rotatable bonds is 5. The van der Waals surface area contributed by atoms with Gasteiger partial charge in [0.2, 0.25) is 0 Å². The highest BCUT2D eigenvalue weighted by molar-refractivity contribution is 6.06. The summed E-state index contributed by atoms with van der Waals surface area (Å²) in [6, 6.07) is 5.93. The van der Waals surface area contributed by atoms with Crippen LogP contribution in [0.3, 0.4) is 0 Å². The first-order valence-electron chi connectivity index (χ1n) is 7.40. The third-order valence-electron chi connectivity index (χ3n) is 3.50. The maximum atomic E-state index is 13.3. The lowest BCUT2D eigenvalue weighted by Crippen LogP contribution is -2.29. The van der Waals surface area contributed by atoms with Crippen molar-refractivity contribution in [2.75, 3.05) is 6.54 Å². The van der Waals surface area contributed by atoms with Crippen molar-refractivity contribution in [2.24, 2.45) is 5.92 Å². The molecule has 0 fully saturated rings. The number of fused-ring (bicyclic) bond motifs is 1. The van der Waals surface area contributed by atoms with Gasteiger partial charge in [-0.15, -0.1) is 0 Å². The number of hydrogen-bond donors (Lipinski definition) is 2. The average molecular weight is 304 g/mol. The van der Waals surface area contributed by atoms with Crippen molar-refractivity contribution in [1.29, 1.82) is 0 Å². The van der Waals surface area contributed by atoms with E-state index < -0.39 is 0 Å². The minimum absolute atomic E-state index is 0.176. The van der Waals surface area contributed by atoms with Crippen molar-refractivity contribution in [3.63, 3.8) is 0 Å². The third kappa shape index (κ3) is 4.01. The van der Waals surface area contributed by atoms with E-state index in [9.17, 15) is 14.3 Å². The van der Waals surface area contributed by atoms with Gasteiger partial charge in [-0.1, -0.05) is 6.92 Å². The number of aromatic nitrogens is 1. The smallest absolute Gasteiger partial charge is 0.252 e. The Morgan fingerprint density at radius 1 is 1.36 bits per heavy atom. The molecule has 1 aromatic carbocycles. The normalized spacial score (nSPS) is 13.9. The Kier molecular flexibility index (Phi) is 5.08. The van der Waals surface area contributed by atoms with E-state index in [-0.39, 0.29) is 23.7 Å². The molecule has 0 aliphatic heterocycles. The number of hydrogen-bond acceptors (Lipinski definition) is 3. The molecule has 2 N–H and O–H groups in total. The summed E-state index contributed by atoms with van der Waals surface area (Å²) in [6.45, 7) is 5.95. The molecule has 118 valence electrons. The van der Waals surface area contributed by atoms with Crippen molar-refractivity contribution in [3.05, 3.63) is 41.3 Å². The Morgan fingerprint density at radius 3 is 2.77 bits per heavy atom. The number of carbonyl (C=O) groups is 1. The zero-order valence-corrected chi connectivity index (χ0v) is 13.1. The lowest BCUT2D eigenvalue weighted by atomic mass is 10.0. The van der Waals surface area contributed by atoms with E-state index in [0.29, 0.717) is 35.1 Å². The monoisotopic (exact) mass is 304 g/mol. The second-order valence-corrected chi connectivity index (χ2v) is 5.87. The molecule has 2 unspecified atom stereocenters. The summed E-state index contributed by atoms with van der Waals surface area (Å²) in [6.07, 6.45) is 0.237. The summed E-state index contributed by atoms with van der Waals surface area (Å²) in [5, 5.41) is 12.9. The van der Waals surface area contributed by atoms with Crippen LogP contribution < -0.4 is 5.32 Å². The van der Waals surface area contributed by atoms with Crippen molar-refractivity contribution >= 4 is 16.8 Å². The molecule has 0 aliphatic carbocycles. The predicted molar refractivity (Wildman–Crippen MR) is 84.2 cm³/mol. The molecule has 1 heterocycles. The topological polar surface area (TPSA) is 62.2 Å². The number of aliphatic hydroxyl groups excluding tert-OH is 1. The number of aliphatic hydroxyl groups is 1. The molecule has 2 rings (SSSR count). The van der Waals surface area contributed by atoms with Gasteiger partial charge in [0.15, 0.2) is 0 Å². The summed E-state index contributed by atoms with van der Waals surface area (Å²) >= 11 is 0. The highest BCUT2D eigenvalue weighted by atomic mass is 19.1. The summed E-state index contributed by atoms with van der Waals surface area (Å²) < 4.78 is 13.3. The van der Waals surface area contributed by atoms with Gasteiger partial charge in [0.1, 0.15) is 5.82 Å². The molecule has 0 saturated carbocycles. The first-order valence-corrected chi connectivity index (χ1v) is 7.40. The molecular formula is C17H21FN2O2. The van der Waals surface area contributed by atoms with Crippen LogP contribution in [0.2, 0.25) is 0 Å². The van der Waals surface area contributed by atoms with E-state index in [1.54, 1.807) is 26.0 Å². The summed E-state index contributed by atoms with van der Waals surface area (Å²) in [5.74, 6) is -0.405. The van der Waals surface area contributed by atoms with Crippen LogP contribution in [0.5, 0.6) is 0 Å². The van der Waals surface area contributed by atoms with Crippen LogP contribution in [0.15, 0.2) is 24.3 Å². The molecule has 0 radical (unpaired) electrons. The van der Waals surface area contributed by atoms with Crippen molar-refractivity contribution < 1.29 is 14.3 Å². The minimum atomic E-state index is -0.390. The van der Waals surface area contributed by atoms with Gasteiger partial charge < -0.3 is 10.4 Å². The number of benzene rings is 1. The Morgan fingerprint density at radius 2 is 2.09 bits per heavy atom. The van der Waals surface area contributed by atoms with Crippen LogP contribution >= 0.6 is 0 Å². The van der Waals surface area contributed by atoms with Gasteiger partial charge in [-0.25, -0.2) is 4.39 Å². The number of aryl methyl sites for hydroxylation is 1. The lowest BCUT2D eigenvalue weighted by Gasteiger charge is -2.15. The van der Waals surface area contributed by atoms with E-state index in [4.69, 9.17) is 0 Å². The van der Waals surface area contributed by atoms with E-state index in [1.165, 1.54) is 12.1 Å². The van der Waals surface area contributed by atoms with Crippen LogP contribution in [-0.4, -0.2) is 28.6 Å². The zero-order valence-electron chi connectivity index (χ0n) is 13.1. The van der Waals surface area contributed by atoms with Gasteiger partial charge in [-0.3, -0.25) is 9.78 Å². The van der Waals surface area contributed by atoms with Gasteiger partial charge in [-0.2, -0.15) is 0 Å². The van der Waals surface area contributed by atoms with Gasteiger partial charge >= 0.3 is 0 Å². The fourth-order valence-electron chi connectivity index (χ4n) is 2.55. The quantitative estimate of drug-likeness (QED) is 0.893. The Balaban J connectivity index is 2.21. The van der Waals surface area contributed by atoms with E-state index in [0.717, 1.165) is 0 Å². The summed E-state index contributed by atoms with van der Waals surface area (Å²) in [4.78, 5) is 16.7. The predicted octanol–water partition coefficient (Wildman–Crippen LogP) is 2.82. The van der Waals surface area contributed by atoms with Gasteiger partial charge in [-0.05, 0) is 44.4 Å². The van der Waals surface area contributed by atoms with E-state index in [1.807, 2.05) is 6.92 Å². The standard InChI is InChI=1S/C17H21FN2O2/c1-10(6-12(3)21)9-19-17(22)15-7-11(2)20-16-8-13(18)4-5-14(15)16/h4-5,7-8,10,12,21H,6,9H2,1-3H3,(H,19,22). The molecule has 0 bridgehead atoms. The van der Waals surface area contributed by atoms with Gasteiger partial charge in [0.25, 0.3) is 5.91 Å². The summed E-state index contributed by atoms with van der Waals surface area (Å²) in [5.41, 5.74) is 1.63. The maximum absolute atomic E-state index is 13.3. The number of nitrogens with one attached hydrogen (secondary N) is 1. The Labute approximate surface area is 129 Å². The fourth-order valence-corrected chi connectivity index (χ4v) is 2.55. The first kappa shape index (κ1) is 16.4. The molecule has 22 heavy (non-hydrogen) atoms. The Bertz CT molecular complexity index is 680. The number of amides is 1. The maximum Gasteiger partial charge on any atom is 0.252 e. The molecule has 0 saturated heterocycles. The molecule has 2 atom stereocenters. The van der Waals surface area contributed by atoms with Gasteiger partial charge in [0.05, 0.1) is 17.2 Å². The van der Waals surface area contributed by atoms with Gasteiger partial charge in [0, 0.05) is 23.7 Å². The molecule has 1 aromatic heterocycles. The number of nitrogens with zero attached hydrogens (tertiary/aromatic N) is 1. The van der Waals surface area contributed by atoms with Crippen molar-refractivity contribution in [2.45, 2.75) is 33.3 Å². The van der Waals surface area contributed by atoms with Crippen LogP contribution in [0.25, 0.3) is 10.9 Å². The minimum Gasteiger partial charge on any atom is -0.393 e. The average Bonchev–Trinajstić information content (AvgIpc) is 2.42. The lowest BCUT2D eigenvalue weighted by molar-refractivity contribution is 0.0941. The third-order valence-corrected chi connectivity index (χ3v) is 3.50. The number of pyridine rings is 1. The summed E-state index contributed by atoms with van der Waals surface area (Å²) in [7, 11) is 0. The fraction of sp³-hybridized carbons (Fsp3) is 0.412. The van der Waals surface area contributed by atoms with E-state index in [2.05, 4.69) is 10.3 Å². The second-order valence-electron chi connectivity index (χ2n) is 5.87. The van der Waals surface area contributed by atoms with Crippen molar-refractivity contribution in [1.82, 2.24) is 10.3 Å². The Hall–Kier alpha value is -2.01. The molecule has 0 spiro atoms. The zero-order chi connectivity index (χ0) is 16.3. The highest BCUT2D eigenvalue weighted by Gasteiger charge is 2.14. The highest BCUT2D eigenvalue weighted by Crippen LogP contribution is 2.19. The molecular weight excluding hydrogens is 283 g/mol. The van der Waals surface area contributed by atoms with E-state index >= 15 is 0 Å². The van der Waals surface area contributed by atoms with Crippen LogP contribution in [0, 0.1) is 18.7 Å². The molecule has 5 heteroatoms. The largest absolute Gasteiger partial charge is 0.393 e. The number of carbonyl (C=O) groups excluding carboxylic acids is 1. The SMILES string of the molecule is Cc1cc(C(=O)NCC(C)CC(C)O)c2ccc(F)cc2n1. The van der Waals surface area contributed by atoms with Crippen LogP contribution in [-0.2, 0) is 0 Å². The second kappa shape index (κ2) is 6.83. The molecule has 1 amide bonds. The molecule has 2 aromatic rings. The first-order chi connectivity index (χ1) is 10.4. The molecule has 4 nitrogen and oxygen atoms in total. The van der Waals surface area contributed by atoms with Crippen LogP contribution in [0.4, 0.5) is 4.39 Å². The van der Waals surface area contributed by atoms with Crippen LogP contribution in [0.1, 0.15) is 36.3 Å². The number of halogens is 1. The molecule has 0 aliphatic rings.